The normalized spacial score (nSPS) is 12.2. The molecule has 2 aromatic rings. The lowest BCUT2D eigenvalue weighted by Gasteiger charge is -2.18. The van der Waals surface area contributed by atoms with Crippen molar-refractivity contribution >= 4 is 26.6 Å². The molecule has 0 fully saturated rings. The fourth-order valence-electron chi connectivity index (χ4n) is 1.88. The van der Waals surface area contributed by atoms with Crippen LogP contribution in [0.1, 0.15) is 0 Å². The van der Waals surface area contributed by atoms with Crippen molar-refractivity contribution in [3.63, 3.8) is 0 Å². The Hall–Kier alpha value is -1.70. The van der Waals surface area contributed by atoms with Crippen molar-refractivity contribution in [1.29, 1.82) is 0 Å². The summed E-state index contributed by atoms with van der Waals surface area (Å²) >= 11 is 0. The third-order valence-electron chi connectivity index (χ3n) is 3.06. The maximum absolute atomic E-state index is 12.6. The Morgan fingerprint density at radius 2 is 2.10 bits per heavy atom. The number of pyridine rings is 1. The van der Waals surface area contributed by atoms with Gasteiger partial charge in [0.15, 0.2) is 0 Å². The van der Waals surface area contributed by atoms with Crippen LogP contribution in [-0.4, -0.2) is 45.0 Å². The minimum atomic E-state index is -3.62. The number of methoxy groups -OCH3 is 1. The zero-order chi connectivity index (χ0) is 14.8. The van der Waals surface area contributed by atoms with Crippen molar-refractivity contribution in [2.75, 3.05) is 33.0 Å². The molecule has 7 heteroatoms. The van der Waals surface area contributed by atoms with Crippen molar-refractivity contribution in [1.82, 2.24) is 9.29 Å². The topological polar surface area (TPSA) is 85.5 Å². The Labute approximate surface area is 118 Å². The Morgan fingerprint density at radius 3 is 2.80 bits per heavy atom. The van der Waals surface area contributed by atoms with Gasteiger partial charge in [-0.05, 0) is 24.3 Å². The van der Waals surface area contributed by atoms with Gasteiger partial charge in [0.25, 0.3) is 0 Å². The molecule has 0 spiro atoms. The van der Waals surface area contributed by atoms with Crippen LogP contribution in [0.5, 0.6) is 0 Å². The number of nitrogen functional groups attached to an aromatic ring is 1. The van der Waals surface area contributed by atoms with Crippen molar-refractivity contribution in [3.8, 4) is 0 Å². The van der Waals surface area contributed by atoms with Crippen LogP contribution >= 0.6 is 0 Å². The van der Waals surface area contributed by atoms with Crippen LogP contribution < -0.4 is 5.73 Å². The highest BCUT2D eigenvalue weighted by atomic mass is 32.2. The number of rotatable bonds is 5. The van der Waals surface area contributed by atoms with Crippen molar-refractivity contribution in [3.05, 3.63) is 30.5 Å². The third kappa shape index (κ3) is 2.60. The summed E-state index contributed by atoms with van der Waals surface area (Å²) in [6.45, 7) is 0.605. The molecular formula is C13H17N3O3S. The number of nitrogens with two attached hydrogens (primary N) is 1. The quantitative estimate of drug-likeness (QED) is 0.834. The summed E-state index contributed by atoms with van der Waals surface area (Å²) in [4.78, 5) is 4.31. The summed E-state index contributed by atoms with van der Waals surface area (Å²) in [5, 5.41) is 0.633. The molecule has 0 unspecified atom stereocenters. The lowest BCUT2D eigenvalue weighted by Crippen LogP contribution is -2.30. The van der Waals surface area contributed by atoms with Gasteiger partial charge < -0.3 is 10.5 Å². The average Bonchev–Trinajstić information content (AvgIpc) is 2.45. The summed E-state index contributed by atoms with van der Waals surface area (Å²) in [6, 6.07) is 6.56. The first-order chi connectivity index (χ1) is 9.48. The zero-order valence-corrected chi connectivity index (χ0v) is 12.2. The Morgan fingerprint density at radius 1 is 1.35 bits per heavy atom. The van der Waals surface area contributed by atoms with Crippen LogP contribution in [0, 0.1) is 0 Å². The van der Waals surface area contributed by atoms with Gasteiger partial charge in [0.2, 0.25) is 10.0 Å². The molecule has 0 amide bonds. The van der Waals surface area contributed by atoms with Crippen LogP contribution in [0.2, 0.25) is 0 Å². The third-order valence-corrected chi connectivity index (χ3v) is 4.95. The molecule has 0 aliphatic carbocycles. The molecule has 108 valence electrons. The van der Waals surface area contributed by atoms with E-state index in [1.54, 1.807) is 24.4 Å². The SMILES string of the molecule is COCCN(C)S(=O)(=O)c1ccc(N)c2cccnc12. The number of aromatic nitrogens is 1. The number of benzene rings is 1. The van der Waals surface area contributed by atoms with Crippen LogP contribution in [0.4, 0.5) is 5.69 Å². The number of hydrogen-bond donors (Lipinski definition) is 1. The Kier molecular flexibility index (Phi) is 4.22. The van der Waals surface area contributed by atoms with Crippen LogP contribution in [0.15, 0.2) is 35.4 Å². The molecule has 2 N–H and O–H groups in total. The van der Waals surface area contributed by atoms with E-state index in [1.807, 2.05) is 0 Å². The number of hydrogen-bond acceptors (Lipinski definition) is 5. The molecule has 2 rings (SSSR count). The van der Waals surface area contributed by atoms with Crippen molar-refractivity contribution in [2.45, 2.75) is 4.90 Å². The second-order valence-electron chi connectivity index (χ2n) is 4.37. The molecule has 0 aliphatic rings. The van der Waals surface area contributed by atoms with Gasteiger partial charge in [-0.2, -0.15) is 4.31 Å². The minimum absolute atomic E-state index is 0.154. The van der Waals surface area contributed by atoms with E-state index in [0.29, 0.717) is 23.2 Å². The van der Waals surface area contributed by atoms with E-state index in [0.717, 1.165) is 0 Å². The van der Waals surface area contributed by atoms with Gasteiger partial charge in [-0.25, -0.2) is 8.42 Å². The highest BCUT2D eigenvalue weighted by molar-refractivity contribution is 7.89. The molecule has 0 bridgehead atoms. The number of likely N-dealkylation sites (N-methyl/N-ethyl adjacent to an activating group) is 1. The first-order valence-electron chi connectivity index (χ1n) is 6.07. The minimum Gasteiger partial charge on any atom is -0.398 e. The molecule has 0 saturated carbocycles. The van der Waals surface area contributed by atoms with E-state index in [9.17, 15) is 8.42 Å². The van der Waals surface area contributed by atoms with Crippen molar-refractivity contribution < 1.29 is 13.2 Å². The summed E-state index contributed by atoms with van der Waals surface area (Å²) < 4.78 is 31.3. The smallest absolute Gasteiger partial charge is 0.245 e. The summed E-state index contributed by atoms with van der Waals surface area (Å²) in [7, 11) is -0.578. The molecule has 20 heavy (non-hydrogen) atoms. The second kappa shape index (κ2) is 5.74. The predicted octanol–water partition coefficient (Wildman–Crippen LogP) is 1.08. The number of anilines is 1. The number of ether oxygens (including phenoxy) is 1. The van der Waals surface area contributed by atoms with Gasteiger partial charge in [-0.3, -0.25) is 4.98 Å². The largest absolute Gasteiger partial charge is 0.398 e. The average molecular weight is 295 g/mol. The molecule has 0 aliphatic heterocycles. The van der Waals surface area contributed by atoms with Gasteiger partial charge >= 0.3 is 0 Å². The zero-order valence-electron chi connectivity index (χ0n) is 11.4. The standard InChI is InChI=1S/C13H17N3O3S/c1-16(8-9-19-2)20(17,18)12-6-5-11(14)10-4-3-7-15-13(10)12/h3-7H,8-9,14H2,1-2H3. The molecule has 1 heterocycles. The van der Waals surface area contributed by atoms with Gasteiger partial charge in [0.1, 0.15) is 4.90 Å². The van der Waals surface area contributed by atoms with Crippen LogP contribution in [-0.2, 0) is 14.8 Å². The lowest BCUT2D eigenvalue weighted by atomic mass is 10.2. The van der Waals surface area contributed by atoms with Crippen molar-refractivity contribution in [2.24, 2.45) is 0 Å². The first-order valence-corrected chi connectivity index (χ1v) is 7.51. The van der Waals surface area contributed by atoms with E-state index in [-0.39, 0.29) is 11.4 Å². The fraction of sp³-hybridized carbons (Fsp3) is 0.308. The lowest BCUT2D eigenvalue weighted by molar-refractivity contribution is 0.185. The predicted molar refractivity (Wildman–Crippen MR) is 77.8 cm³/mol. The van der Waals surface area contributed by atoms with E-state index < -0.39 is 10.0 Å². The molecule has 1 aromatic heterocycles. The van der Waals surface area contributed by atoms with Gasteiger partial charge in [-0.1, -0.05) is 0 Å². The summed E-state index contributed by atoms with van der Waals surface area (Å²) in [5.41, 5.74) is 6.75. The van der Waals surface area contributed by atoms with Crippen LogP contribution in [0.25, 0.3) is 10.9 Å². The monoisotopic (exact) mass is 295 g/mol. The Bertz CT molecular complexity index is 716. The van der Waals surface area contributed by atoms with Gasteiger partial charge in [-0.15, -0.1) is 0 Å². The number of nitrogens with zero attached hydrogens (tertiary/aromatic N) is 2. The number of sulfonamides is 1. The first kappa shape index (κ1) is 14.7. The molecule has 0 atom stereocenters. The van der Waals surface area contributed by atoms with Gasteiger partial charge in [0, 0.05) is 38.0 Å². The highest BCUT2D eigenvalue weighted by Gasteiger charge is 2.24. The van der Waals surface area contributed by atoms with Gasteiger partial charge in [0.05, 0.1) is 12.1 Å². The van der Waals surface area contributed by atoms with E-state index in [4.69, 9.17) is 10.5 Å². The molecule has 0 saturated heterocycles. The maximum Gasteiger partial charge on any atom is 0.245 e. The fourth-order valence-corrected chi connectivity index (χ4v) is 3.18. The molecule has 1 aromatic carbocycles. The summed E-state index contributed by atoms with van der Waals surface area (Å²) in [5.74, 6) is 0. The molecule has 0 radical (unpaired) electrons. The molecule has 6 nitrogen and oxygen atoms in total. The number of fused-ring (bicyclic) bond motifs is 1. The Balaban J connectivity index is 2.55. The highest BCUT2D eigenvalue weighted by Crippen LogP contribution is 2.27. The summed E-state index contributed by atoms with van der Waals surface area (Å²) in [6.07, 6.45) is 1.55. The van der Waals surface area contributed by atoms with E-state index >= 15 is 0 Å². The maximum atomic E-state index is 12.6. The molecular weight excluding hydrogens is 278 g/mol. The van der Waals surface area contributed by atoms with Crippen LogP contribution in [0.3, 0.4) is 0 Å². The van der Waals surface area contributed by atoms with E-state index in [2.05, 4.69) is 4.98 Å². The van der Waals surface area contributed by atoms with E-state index in [1.165, 1.54) is 24.5 Å². The second-order valence-corrected chi connectivity index (χ2v) is 6.39.